The van der Waals surface area contributed by atoms with Crippen LogP contribution < -0.4 is 9.62 Å². The van der Waals surface area contributed by atoms with Crippen LogP contribution in [0.1, 0.15) is 43.4 Å². The van der Waals surface area contributed by atoms with Crippen molar-refractivity contribution in [3.05, 3.63) is 94.5 Å². The van der Waals surface area contributed by atoms with Crippen LogP contribution in [0.25, 0.3) is 0 Å². The van der Waals surface area contributed by atoms with Crippen molar-refractivity contribution in [1.29, 1.82) is 0 Å². The number of amides is 2. The molecule has 208 valence electrons. The van der Waals surface area contributed by atoms with E-state index in [0.717, 1.165) is 21.9 Å². The van der Waals surface area contributed by atoms with Gasteiger partial charge in [-0.1, -0.05) is 67.9 Å². The molecule has 7 nitrogen and oxygen atoms in total. The molecule has 1 atom stereocenters. The van der Waals surface area contributed by atoms with E-state index in [0.29, 0.717) is 29.2 Å². The standard InChI is InChI=1S/C30H36ClN3O4S/c1-5-19-32-30(36)27(6-2)33(20-24-13-9-7-11-22(24)3)29(35)21-34(28-14-10-8-12-23(28)4)39(37,38)26-17-15-25(31)16-18-26/h7-18,27H,5-6,19-21H2,1-4H3,(H,32,36). The molecule has 0 bridgehead atoms. The molecular formula is C30H36ClN3O4S. The second kappa shape index (κ2) is 13.6. The fourth-order valence-corrected chi connectivity index (χ4v) is 5.95. The SMILES string of the molecule is CCCNC(=O)C(CC)N(Cc1ccccc1C)C(=O)CN(c1ccccc1C)S(=O)(=O)c1ccc(Cl)cc1. The van der Waals surface area contributed by atoms with Crippen molar-refractivity contribution >= 4 is 39.1 Å². The van der Waals surface area contributed by atoms with E-state index in [4.69, 9.17) is 11.6 Å². The normalized spacial score (nSPS) is 12.0. The summed E-state index contributed by atoms with van der Waals surface area (Å²) in [5.74, 6) is -0.734. The largest absolute Gasteiger partial charge is 0.354 e. The fourth-order valence-electron chi connectivity index (χ4n) is 4.35. The van der Waals surface area contributed by atoms with Crippen molar-refractivity contribution in [1.82, 2.24) is 10.2 Å². The van der Waals surface area contributed by atoms with Crippen LogP contribution in [0.4, 0.5) is 5.69 Å². The first-order valence-corrected chi connectivity index (χ1v) is 14.9. The zero-order valence-corrected chi connectivity index (χ0v) is 24.4. The van der Waals surface area contributed by atoms with Crippen LogP contribution in [-0.4, -0.2) is 44.3 Å². The highest BCUT2D eigenvalue weighted by Crippen LogP contribution is 2.28. The highest BCUT2D eigenvalue weighted by Gasteiger charge is 2.34. The highest BCUT2D eigenvalue weighted by molar-refractivity contribution is 7.92. The Kier molecular flexibility index (Phi) is 10.5. The minimum Gasteiger partial charge on any atom is -0.354 e. The van der Waals surface area contributed by atoms with E-state index >= 15 is 0 Å². The number of carbonyl (C=O) groups is 2. The van der Waals surface area contributed by atoms with Crippen LogP contribution in [0.2, 0.25) is 5.02 Å². The Balaban J connectivity index is 2.07. The first-order chi connectivity index (χ1) is 18.6. The van der Waals surface area contributed by atoms with E-state index < -0.39 is 28.5 Å². The van der Waals surface area contributed by atoms with Gasteiger partial charge in [-0.25, -0.2) is 8.42 Å². The van der Waals surface area contributed by atoms with Gasteiger partial charge in [0.05, 0.1) is 10.6 Å². The summed E-state index contributed by atoms with van der Waals surface area (Å²) >= 11 is 6.01. The van der Waals surface area contributed by atoms with Gasteiger partial charge in [-0.2, -0.15) is 0 Å². The molecule has 1 N–H and O–H groups in total. The maximum atomic E-state index is 14.1. The van der Waals surface area contributed by atoms with Crippen LogP contribution in [-0.2, 0) is 26.2 Å². The number of nitrogens with one attached hydrogen (secondary N) is 1. The lowest BCUT2D eigenvalue weighted by Gasteiger charge is -2.34. The van der Waals surface area contributed by atoms with Crippen molar-refractivity contribution in [3.8, 4) is 0 Å². The number of aryl methyl sites for hydroxylation is 2. The molecule has 1 unspecified atom stereocenters. The van der Waals surface area contributed by atoms with Crippen LogP contribution in [0.15, 0.2) is 77.7 Å². The third-order valence-corrected chi connectivity index (χ3v) is 8.63. The average molecular weight is 570 g/mol. The lowest BCUT2D eigenvalue weighted by molar-refractivity contribution is -0.140. The Bertz CT molecular complexity index is 1390. The van der Waals surface area contributed by atoms with E-state index in [1.807, 2.05) is 51.1 Å². The smallest absolute Gasteiger partial charge is 0.264 e. The molecule has 0 fully saturated rings. The molecule has 0 aromatic heterocycles. The molecular weight excluding hydrogens is 534 g/mol. The molecule has 0 heterocycles. The number of rotatable bonds is 12. The molecule has 0 aliphatic rings. The monoisotopic (exact) mass is 569 g/mol. The number of hydrogen-bond donors (Lipinski definition) is 1. The number of hydrogen-bond acceptors (Lipinski definition) is 4. The molecule has 9 heteroatoms. The van der Waals surface area contributed by atoms with Crippen LogP contribution in [0.5, 0.6) is 0 Å². The number of sulfonamides is 1. The van der Waals surface area contributed by atoms with Gasteiger partial charge in [-0.15, -0.1) is 0 Å². The van der Waals surface area contributed by atoms with Gasteiger partial charge in [0.1, 0.15) is 12.6 Å². The summed E-state index contributed by atoms with van der Waals surface area (Å²) < 4.78 is 28.9. The zero-order valence-electron chi connectivity index (χ0n) is 22.9. The third kappa shape index (κ3) is 7.40. The second-order valence-electron chi connectivity index (χ2n) is 9.42. The van der Waals surface area contributed by atoms with Gasteiger partial charge >= 0.3 is 0 Å². The molecule has 3 aromatic carbocycles. The van der Waals surface area contributed by atoms with E-state index in [9.17, 15) is 18.0 Å². The lowest BCUT2D eigenvalue weighted by atomic mass is 10.1. The summed E-state index contributed by atoms with van der Waals surface area (Å²) in [6.07, 6.45) is 1.13. The predicted octanol–water partition coefficient (Wildman–Crippen LogP) is 5.49. The molecule has 2 amide bonds. The van der Waals surface area contributed by atoms with Crippen molar-refractivity contribution in [2.75, 3.05) is 17.4 Å². The molecule has 0 saturated heterocycles. The van der Waals surface area contributed by atoms with Gasteiger partial charge in [0, 0.05) is 18.1 Å². The number of anilines is 1. The van der Waals surface area contributed by atoms with E-state index in [1.165, 1.54) is 29.2 Å². The molecule has 39 heavy (non-hydrogen) atoms. The number of benzene rings is 3. The van der Waals surface area contributed by atoms with Crippen molar-refractivity contribution in [2.24, 2.45) is 0 Å². The summed E-state index contributed by atoms with van der Waals surface area (Å²) in [5.41, 5.74) is 2.94. The molecule has 0 aliphatic heterocycles. The van der Waals surface area contributed by atoms with Gasteiger partial charge in [0.25, 0.3) is 10.0 Å². The number of carbonyl (C=O) groups excluding carboxylic acids is 2. The van der Waals surface area contributed by atoms with Gasteiger partial charge in [-0.3, -0.25) is 13.9 Å². The summed E-state index contributed by atoms with van der Waals surface area (Å²) in [5, 5.41) is 3.30. The summed E-state index contributed by atoms with van der Waals surface area (Å²) in [6.45, 7) is 7.73. The van der Waals surface area contributed by atoms with E-state index in [-0.39, 0.29) is 17.3 Å². The Hall–Kier alpha value is -3.36. The molecule has 3 rings (SSSR count). The summed E-state index contributed by atoms with van der Waals surface area (Å²) in [4.78, 5) is 28.8. The van der Waals surface area contributed by atoms with Crippen molar-refractivity contribution < 1.29 is 18.0 Å². The van der Waals surface area contributed by atoms with E-state index in [1.54, 1.807) is 25.1 Å². The maximum Gasteiger partial charge on any atom is 0.264 e. The van der Waals surface area contributed by atoms with Crippen molar-refractivity contribution in [2.45, 2.75) is 58.0 Å². The van der Waals surface area contributed by atoms with Crippen molar-refractivity contribution in [3.63, 3.8) is 0 Å². The van der Waals surface area contributed by atoms with Crippen LogP contribution in [0, 0.1) is 13.8 Å². The number of para-hydroxylation sites is 1. The zero-order chi connectivity index (χ0) is 28.6. The fraction of sp³-hybridized carbons (Fsp3) is 0.333. The molecule has 0 saturated carbocycles. The summed E-state index contributed by atoms with van der Waals surface area (Å²) in [6, 6.07) is 19.7. The van der Waals surface area contributed by atoms with E-state index in [2.05, 4.69) is 5.32 Å². The highest BCUT2D eigenvalue weighted by atomic mass is 35.5. The maximum absolute atomic E-state index is 14.1. The molecule has 0 aliphatic carbocycles. The Morgan fingerprint density at radius 2 is 1.51 bits per heavy atom. The minimum atomic E-state index is -4.14. The molecule has 0 radical (unpaired) electrons. The lowest BCUT2D eigenvalue weighted by Crippen LogP contribution is -2.52. The van der Waals surface area contributed by atoms with Gasteiger partial charge in [0.2, 0.25) is 11.8 Å². The Morgan fingerprint density at radius 3 is 2.10 bits per heavy atom. The molecule has 3 aromatic rings. The number of nitrogens with zero attached hydrogens (tertiary/aromatic N) is 2. The topological polar surface area (TPSA) is 86.8 Å². The summed E-state index contributed by atoms with van der Waals surface area (Å²) in [7, 11) is -4.14. The Morgan fingerprint density at radius 1 is 0.897 bits per heavy atom. The molecule has 0 spiro atoms. The second-order valence-corrected chi connectivity index (χ2v) is 11.7. The third-order valence-electron chi connectivity index (χ3n) is 6.60. The minimum absolute atomic E-state index is 0.0149. The number of halogens is 1. The van der Waals surface area contributed by atoms with Crippen LogP contribution in [0.3, 0.4) is 0 Å². The average Bonchev–Trinajstić information content (AvgIpc) is 2.92. The first kappa shape index (κ1) is 30.2. The Labute approximate surface area is 236 Å². The van der Waals surface area contributed by atoms with Gasteiger partial charge in [-0.05, 0) is 73.7 Å². The van der Waals surface area contributed by atoms with Gasteiger partial charge < -0.3 is 10.2 Å². The predicted molar refractivity (Wildman–Crippen MR) is 156 cm³/mol. The quantitative estimate of drug-likeness (QED) is 0.313. The van der Waals surface area contributed by atoms with Crippen LogP contribution >= 0.6 is 11.6 Å². The van der Waals surface area contributed by atoms with Gasteiger partial charge in [0.15, 0.2) is 0 Å². The first-order valence-electron chi connectivity index (χ1n) is 13.1.